The van der Waals surface area contributed by atoms with E-state index in [4.69, 9.17) is 0 Å². The Morgan fingerprint density at radius 1 is 1.09 bits per heavy atom. The standard InChI is InChI=1S/C17H17N3O2/c1-13-6-5-9-15(10-13)17(22)18-12-16(21)20-19-11-14-7-3-2-4-8-14/h2-11H,12H2,1H3,(H,18,22)(H,20,21). The lowest BCUT2D eigenvalue weighted by Crippen LogP contribution is -2.34. The molecule has 0 aliphatic carbocycles. The maximum atomic E-state index is 11.9. The molecule has 2 amide bonds. The molecule has 0 spiro atoms. The molecular formula is C17H17N3O2. The fourth-order valence-electron chi connectivity index (χ4n) is 1.81. The molecule has 0 aliphatic rings. The third kappa shape index (κ3) is 4.86. The zero-order valence-corrected chi connectivity index (χ0v) is 12.2. The molecule has 0 unspecified atom stereocenters. The highest BCUT2D eigenvalue weighted by molar-refractivity contribution is 5.96. The molecule has 0 heterocycles. The van der Waals surface area contributed by atoms with Crippen LogP contribution in [0.15, 0.2) is 59.7 Å². The molecule has 2 aromatic carbocycles. The molecular weight excluding hydrogens is 278 g/mol. The number of hydrazone groups is 1. The van der Waals surface area contributed by atoms with Crippen LogP contribution in [0.5, 0.6) is 0 Å². The Bertz CT molecular complexity index is 681. The van der Waals surface area contributed by atoms with Crippen molar-refractivity contribution >= 4 is 18.0 Å². The molecule has 112 valence electrons. The first kappa shape index (κ1) is 15.4. The van der Waals surface area contributed by atoms with E-state index < -0.39 is 0 Å². The van der Waals surface area contributed by atoms with Crippen molar-refractivity contribution in [2.24, 2.45) is 5.10 Å². The Balaban J connectivity index is 1.78. The van der Waals surface area contributed by atoms with Gasteiger partial charge in [-0.15, -0.1) is 0 Å². The van der Waals surface area contributed by atoms with Crippen molar-refractivity contribution in [1.29, 1.82) is 0 Å². The molecule has 5 heteroatoms. The van der Waals surface area contributed by atoms with Gasteiger partial charge in [-0.05, 0) is 24.6 Å². The summed E-state index contributed by atoms with van der Waals surface area (Å²) in [5.41, 5.74) is 4.76. The lowest BCUT2D eigenvalue weighted by atomic mass is 10.1. The Morgan fingerprint density at radius 2 is 1.86 bits per heavy atom. The van der Waals surface area contributed by atoms with Gasteiger partial charge in [-0.3, -0.25) is 9.59 Å². The Kier molecular flexibility index (Phi) is 5.43. The van der Waals surface area contributed by atoms with Crippen LogP contribution in [-0.2, 0) is 4.79 Å². The van der Waals surface area contributed by atoms with Crippen molar-refractivity contribution < 1.29 is 9.59 Å². The molecule has 2 rings (SSSR count). The summed E-state index contributed by atoms with van der Waals surface area (Å²) < 4.78 is 0. The second kappa shape index (κ2) is 7.73. The third-order valence-electron chi connectivity index (χ3n) is 2.89. The average Bonchev–Trinajstić information content (AvgIpc) is 2.53. The molecule has 0 atom stereocenters. The molecule has 0 bridgehead atoms. The van der Waals surface area contributed by atoms with E-state index >= 15 is 0 Å². The Morgan fingerprint density at radius 3 is 2.59 bits per heavy atom. The highest BCUT2D eigenvalue weighted by Gasteiger charge is 2.07. The Labute approximate surface area is 129 Å². The van der Waals surface area contributed by atoms with E-state index in [0.29, 0.717) is 5.56 Å². The largest absolute Gasteiger partial charge is 0.343 e. The van der Waals surface area contributed by atoms with Crippen LogP contribution >= 0.6 is 0 Å². The van der Waals surface area contributed by atoms with E-state index in [1.165, 1.54) is 0 Å². The van der Waals surface area contributed by atoms with Crippen LogP contribution in [0.1, 0.15) is 21.5 Å². The van der Waals surface area contributed by atoms with Crippen molar-refractivity contribution in [1.82, 2.24) is 10.7 Å². The first-order valence-corrected chi connectivity index (χ1v) is 6.87. The molecule has 0 saturated carbocycles. The highest BCUT2D eigenvalue weighted by Crippen LogP contribution is 2.03. The summed E-state index contributed by atoms with van der Waals surface area (Å²) in [7, 11) is 0. The van der Waals surface area contributed by atoms with Crippen molar-refractivity contribution in [2.75, 3.05) is 6.54 Å². The molecule has 0 saturated heterocycles. The predicted octanol–water partition coefficient (Wildman–Crippen LogP) is 1.88. The van der Waals surface area contributed by atoms with Gasteiger partial charge in [0.1, 0.15) is 0 Å². The molecule has 0 fully saturated rings. The minimum absolute atomic E-state index is 0.126. The summed E-state index contributed by atoms with van der Waals surface area (Å²) in [4.78, 5) is 23.5. The van der Waals surface area contributed by atoms with Gasteiger partial charge in [0, 0.05) is 5.56 Å². The zero-order valence-electron chi connectivity index (χ0n) is 12.2. The Hall–Kier alpha value is -2.95. The summed E-state index contributed by atoms with van der Waals surface area (Å²) >= 11 is 0. The van der Waals surface area contributed by atoms with E-state index in [1.54, 1.807) is 24.4 Å². The number of rotatable bonds is 5. The first-order chi connectivity index (χ1) is 10.6. The number of carbonyl (C=O) groups is 2. The molecule has 2 N–H and O–H groups in total. The van der Waals surface area contributed by atoms with Crippen molar-refractivity contribution in [3.63, 3.8) is 0 Å². The fraction of sp³-hybridized carbons (Fsp3) is 0.118. The maximum Gasteiger partial charge on any atom is 0.259 e. The molecule has 0 aromatic heterocycles. The minimum Gasteiger partial charge on any atom is -0.343 e. The summed E-state index contributed by atoms with van der Waals surface area (Å²) in [6.07, 6.45) is 1.54. The molecule has 0 radical (unpaired) electrons. The summed E-state index contributed by atoms with van der Waals surface area (Å²) in [5, 5.41) is 6.38. The van der Waals surface area contributed by atoms with E-state index in [1.807, 2.05) is 43.3 Å². The molecule has 2 aromatic rings. The maximum absolute atomic E-state index is 11.9. The molecule has 5 nitrogen and oxygen atoms in total. The smallest absolute Gasteiger partial charge is 0.259 e. The second-order valence-electron chi connectivity index (χ2n) is 4.76. The van der Waals surface area contributed by atoms with Gasteiger partial charge < -0.3 is 5.32 Å². The lowest BCUT2D eigenvalue weighted by Gasteiger charge is -2.04. The SMILES string of the molecule is Cc1cccc(C(=O)NCC(=O)NN=Cc2ccccc2)c1. The summed E-state index contributed by atoms with van der Waals surface area (Å²) in [5.74, 6) is -0.668. The van der Waals surface area contributed by atoms with E-state index in [2.05, 4.69) is 15.8 Å². The predicted molar refractivity (Wildman–Crippen MR) is 85.7 cm³/mol. The van der Waals surface area contributed by atoms with Gasteiger partial charge in [-0.1, -0.05) is 48.0 Å². The monoisotopic (exact) mass is 295 g/mol. The number of benzene rings is 2. The van der Waals surface area contributed by atoms with Crippen LogP contribution in [-0.4, -0.2) is 24.6 Å². The van der Waals surface area contributed by atoms with Crippen molar-refractivity contribution in [3.8, 4) is 0 Å². The van der Waals surface area contributed by atoms with Crippen LogP contribution in [0, 0.1) is 6.92 Å². The molecule has 0 aliphatic heterocycles. The number of carbonyl (C=O) groups excluding carboxylic acids is 2. The average molecular weight is 295 g/mol. The van der Waals surface area contributed by atoms with Crippen molar-refractivity contribution in [2.45, 2.75) is 6.92 Å². The van der Waals surface area contributed by atoms with E-state index in [9.17, 15) is 9.59 Å². The van der Waals surface area contributed by atoms with Crippen LogP contribution in [0.2, 0.25) is 0 Å². The van der Waals surface area contributed by atoms with Gasteiger partial charge in [0.25, 0.3) is 11.8 Å². The van der Waals surface area contributed by atoms with Crippen LogP contribution in [0.25, 0.3) is 0 Å². The van der Waals surface area contributed by atoms with Gasteiger partial charge in [-0.25, -0.2) is 5.43 Å². The normalized spacial score (nSPS) is 10.4. The first-order valence-electron chi connectivity index (χ1n) is 6.87. The number of nitrogens with one attached hydrogen (secondary N) is 2. The van der Waals surface area contributed by atoms with E-state index in [0.717, 1.165) is 11.1 Å². The lowest BCUT2D eigenvalue weighted by molar-refractivity contribution is -0.120. The van der Waals surface area contributed by atoms with Gasteiger partial charge in [0.05, 0.1) is 12.8 Å². The van der Waals surface area contributed by atoms with Gasteiger partial charge in [0.2, 0.25) is 0 Å². The topological polar surface area (TPSA) is 70.6 Å². The highest BCUT2D eigenvalue weighted by atomic mass is 16.2. The number of hydrogen-bond acceptors (Lipinski definition) is 3. The van der Waals surface area contributed by atoms with Gasteiger partial charge >= 0.3 is 0 Å². The number of nitrogens with zero attached hydrogens (tertiary/aromatic N) is 1. The van der Waals surface area contributed by atoms with Crippen LogP contribution in [0.4, 0.5) is 0 Å². The number of hydrogen-bond donors (Lipinski definition) is 2. The third-order valence-corrected chi connectivity index (χ3v) is 2.89. The molecule has 22 heavy (non-hydrogen) atoms. The van der Waals surface area contributed by atoms with Crippen LogP contribution in [0.3, 0.4) is 0 Å². The summed E-state index contributed by atoms with van der Waals surface area (Å²) in [6, 6.07) is 16.6. The number of amides is 2. The fourth-order valence-corrected chi connectivity index (χ4v) is 1.81. The van der Waals surface area contributed by atoms with E-state index in [-0.39, 0.29) is 18.4 Å². The van der Waals surface area contributed by atoms with Crippen LogP contribution < -0.4 is 10.7 Å². The van der Waals surface area contributed by atoms with Gasteiger partial charge in [-0.2, -0.15) is 5.10 Å². The second-order valence-corrected chi connectivity index (χ2v) is 4.76. The quantitative estimate of drug-likeness (QED) is 0.653. The van der Waals surface area contributed by atoms with Crippen molar-refractivity contribution in [3.05, 3.63) is 71.3 Å². The minimum atomic E-state index is -0.381. The summed E-state index contributed by atoms with van der Waals surface area (Å²) in [6.45, 7) is 1.78. The van der Waals surface area contributed by atoms with Gasteiger partial charge in [0.15, 0.2) is 0 Å². The number of aryl methyl sites for hydroxylation is 1. The zero-order chi connectivity index (χ0) is 15.8.